The first-order valence-electron chi connectivity index (χ1n) is 7.65. The van der Waals surface area contributed by atoms with Crippen LogP contribution in [0.4, 0.5) is 13.2 Å². The van der Waals surface area contributed by atoms with Gasteiger partial charge in [0.15, 0.2) is 0 Å². The van der Waals surface area contributed by atoms with E-state index in [0.717, 1.165) is 24.9 Å². The van der Waals surface area contributed by atoms with Crippen molar-refractivity contribution in [3.05, 3.63) is 35.4 Å². The Kier molecular flexibility index (Phi) is 6.41. The molecule has 1 aromatic rings. The van der Waals surface area contributed by atoms with Gasteiger partial charge in [0.1, 0.15) is 6.61 Å². The highest BCUT2D eigenvalue weighted by atomic mass is 19.4. The molecule has 1 heterocycles. The van der Waals surface area contributed by atoms with Crippen molar-refractivity contribution < 1.29 is 22.7 Å². The number of halogens is 3. The predicted octanol–water partition coefficient (Wildman–Crippen LogP) is 2.38. The summed E-state index contributed by atoms with van der Waals surface area (Å²) in [5.41, 5.74) is 1.57. The number of carbonyl (C=O) groups is 1. The summed E-state index contributed by atoms with van der Waals surface area (Å²) < 4.78 is 40.5. The summed E-state index contributed by atoms with van der Waals surface area (Å²) in [6.45, 7) is 0.752. The number of alkyl halides is 3. The van der Waals surface area contributed by atoms with Crippen molar-refractivity contribution in [1.82, 2.24) is 10.6 Å². The summed E-state index contributed by atoms with van der Waals surface area (Å²) in [5.74, 6) is 0.0496. The molecule has 128 valence electrons. The first-order valence-corrected chi connectivity index (χ1v) is 7.65. The van der Waals surface area contributed by atoms with E-state index in [1.165, 1.54) is 0 Å². The maximum absolute atomic E-state index is 12.0. The van der Waals surface area contributed by atoms with Crippen LogP contribution < -0.4 is 10.6 Å². The fraction of sp³-hybridized carbons (Fsp3) is 0.562. The van der Waals surface area contributed by atoms with Crippen molar-refractivity contribution in [3.8, 4) is 0 Å². The Morgan fingerprint density at radius 2 is 1.96 bits per heavy atom. The van der Waals surface area contributed by atoms with Gasteiger partial charge in [0.2, 0.25) is 5.91 Å². The lowest BCUT2D eigenvalue weighted by Crippen LogP contribution is -2.40. The number of hydrogen-bond acceptors (Lipinski definition) is 3. The zero-order valence-corrected chi connectivity index (χ0v) is 12.8. The second-order valence-electron chi connectivity index (χ2n) is 5.69. The molecule has 1 aliphatic heterocycles. The molecule has 1 amide bonds. The standard InChI is InChI=1S/C16H21F3N2O2/c17-16(18,19)11-23-10-13-5-3-12(4-6-13)8-21-15(22)14-2-1-7-20-9-14/h3-6,14,20H,1-2,7-11H2,(H,21,22). The summed E-state index contributed by atoms with van der Waals surface area (Å²) in [5, 5.41) is 6.09. The minimum absolute atomic E-state index is 0.0128. The molecule has 0 aliphatic carbocycles. The summed E-state index contributed by atoms with van der Waals surface area (Å²) >= 11 is 0. The second-order valence-corrected chi connectivity index (χ2v) is 5.69. The van der Waals surface area contributed by atoms with Crippen molar-refractivity contribution in [2.75, 3.05) is 19.7 Å². The monoisotopic (exact) mass is 330 g/mol. The van der Waals surface area contributed by atoms with E-state index < -0.39 is 12.8 Å². The van der Waals surface area contributed by atoms with Crippen molar-refractivity contribution in [2.24, 2.45) is 5.92 Å². The average Bonchev–Trinajstić information content (AvgIpc) is 2.53. The van der Waals surface area contributed by atoms with Gasteiger partial charge < -0.3 is 15.4 Å². The van der Waals surface area contributed by atoms with Crippen molar-refractivity contribution in [1.29, 1.82) is 0 Å². The van der Waals surface area contributed by atoms with Crippen LogP contribution in [0.2, 0.25) is 0 Å². The number of amides is 1. The highest BCUT2D eigenvalue weighted by molar-refractivity contribution is 5.78. The zero-order chi connectivity index (χ0) is 16.7. The van der Waals surface area contributed by atoms with Gasteiger partial charge >= 0.3 is 6.18 Å². The normalized spacial score (nSPS) is 18.7. The second kappa shape index (κ2) is 8.31. The van der Waals surface area contributed by atoms with E-state index in [2.05, 4.69) is 15.4 Å². The van der Waals surface area contributed by atoms with Crippen LogP contribution in [0, 0.1) is 5.92 Å². The molecule has 1 unspecified atom stereocenters. The largest absolute Gasteiger partial charge is 0.411 e. The molecule has 0 aromatic heterocycles. The highest BCUT2D eigenvalue weighted by Gasteiger charge is 2.27. The van der Waals surface area contributed by atoms with Crippen LogP contribution in [0.3, 0.4) is 0 Å². The topological polar surface area (TPSA) is 50.4 Å². The van der Waals surface area contributed by atoms with Crippen LogP contribution >= 0.6 is 0 Å². The summed E-state index contributed by atoms with van der Waals surface area (Å²) in [4.78, 5) is 12.0. The number of nitrogens with one attached hydrogen (secondary N) is 2. The van der Waals surface area contributed by atoms with Crippen LogP contribution in [-0.2, 0) is 22.7 Å². The predicted molar refractivity (Wildman–Crippen MR) is 79.6 cm³/mol. The molecular weight excluding hydrogens is 309 g/mol. The van der Waals surface area contributed by atoms with E-state index in [0.29, 0.717) is 18.7 Å². The van der Waals surface area contributed by atoms with Crippen LogP contribution in [0.15, 0.2) is 24.3 Å². The smallest absolute Gasteiger partial charge is 0.367 e. The number of piperidine rings is 1. The lowest BCUT2D eigenvalue weighted by molar-refractivity contribution is -0.176. The van der Waals surface area contributed by atoms with Crippen molar-refractivity contribution in [3.63, 3.8) is 0 Å². The van der Waals surface area contributed by atoms with Gasteiger partial charge in [-0.25, -0.2) is 0 Å². The fourth-order valence-corrected chi connectivity index (χ4v) is 2.45. The first kappa shape index (κ1) is 17.7. The molecule has 0 spiro atoms. The Morgan fingerprint density at radius 1 is 1.26 bits per heavy atom. The van der Waals surface area contributed by atoms with Gasteiger partial charge in [0.25, 0.3) is 0 Å². The maximum atomic E-state index is 12.0. The molecule has 1 atom stereocenters. The molecule has 1 saturated heterocycles. The number of benzene rings is 1. The van der Waals surface area contributed by atoms with E-state index in [4.69, 9.17) is 0 Å². The minimum Gasteiger partial charge on any atom is -0.367 e. The third-order valence-electron chi connectivity index (χ3n) is 3.69. The Hall–Kier alpha value is -1.60. The van der Waals surface area contributed by atoms with E-state index in [9.17, 15) is 18.0 Å². The summed E-state index contributed by atoms with van der Waals surface area (Å²) in [6.07, 6.45) is -2.41. The van der Waals surface area contributed by atoms with Crippen molar-refractivity contribution in [2.45, 2.75) is 32.2 Å². The van der Waals surface area contributed by atoms with Crippen molar-refractivity contribution >= 4 is 5.91 Å². The Labute approximate surface area is 133 Å². The molecule has 1 aromatic carbocycles. The molecule has 0 radical (unpaired) electrons. The van der Waals surface area contributed by atoms with Gasteiger partial charge in [-0.15, -0.1) is 0 Å². The van der Waals surface area contributed by atoms with Crippen LogP contribution in [0.1, 0.15) is 24.0 Å². The maximum Gasteiger partial charge on any atom is 0.411 e. The molecule has 0 saturated carbocycles. The number of carbonyl (C=O) groups excluding carboxylic acids is 1. The third kappa shape index (κ3) is 6.58. The highest BCUT2D eigenvalue weighted by Crippen LogP contribution is 2.16. The summed E-state index contributed by atoms with van der Waals surface area (Å²) in [6, 6.07) is 6.98. The minimum atomic E-state index is -4.31. The van der Waals surface area contributed by atoms with Gasteiger partial charge in [0, 0.05) is 13.1 Å². The van der Waals surface area contributed by atoms with Crippen LogP contribution in [0.5, 0.6) is 0 Å². The fourth-order valence-electron chi connectivity index (χ4n) is 2.45. The van der Waals surface area contributed by atoms with Crippen LogP contribution in [0.25, 0.3) is 0 Å². The summed E-state index contributed by atoms with van der Waals surface area (Å²) in [7, 11) is 0. The third-order valence-corrected chi connectivity index (χ3v) is 3.69. The number of ether oxygens (including phenoxy) is 1. The van der Waals surface area contributed by atoms with E-state index >= 15 is 0 Å². The van der Waals surface area contributed by atoms with Gasteiger partial charge in [0.05, 0.1) is 12.5 Å². The average molecular weight is 330 g/mol. The van der Waals surface area contributed by atoms with E-state index in [1.54, 1.807) is 24.3 Å². The molecule has 1 fully saturated rings. The lowest BCUT2D eigenvalue weighted by Gasteiger charge is -2.21. The molecule has 2 rings (SSSR count). The molecule has 0 bridgehead atoms. The Morgan fingerprint density at radius 3 is 2.57 bits per heavy atom. The number of rotatable bonds is 6. The SMILES string of the molecule is O=C(NCc1ccc(COCC(F)(F)F)cc1)C1CCCNC1. The molecule has 1 aliphatic rings. The Balaban J connectivity index is 1.73. The van der Waals surface area contributed by atoms with Gasteiger partial charge in [-0.05, 0) is 30.5 Å². The van der Waals surface area contributed by atoms with E-state index in [1.807, 2.05) is 0 Å². The molecule has 23 heavy (non-hydrogen) atoms. The molecule has 4 nitrogen and oxygen atoms in total. The van der Waals surface area contributed by atoms with Gasteiger partial charge in [-0.2, -0.15) is 13.2 Å². The van der Waals surface area contributed by atoms with Gasteiger partial charge in [-0.3, -0.25) is 4.79 Å². The zero-order valence-electron chi connectivity index (χ0n) is 12.8. The number of hydrogen-bond donors (Lipinski definition) is 2. The van der Waals surface area contributed by atoms with Gasteiger partial charge in [-0.1, -0.05) is 24.3 Å². The first-order chi connectivity index (χ1) is 10.9. The quantitative estimate of drug-likeness (QED) is 0.842. The molecule has 2 N–H and O–H groups in total. The lowest BCUT2D eigenvalue weighted by atomic mass is 9.99. The molecular formula is C16H21F3N2O2. The molecule has 7 heteroatoms. The van der Waals surface area contributed by atoms with Crippen LogP contribution in [-0.4, -0.2) is 31.8 Å². The Bertz CT molecular complexity index is 497. The van der Waals surface area contributed by atoms with E-state index in [-0.39, 0.29) is 18.4 Å².